The Kier molecular flexibility index (Phi) is 3.96. The molecule has 2 aromatic rings. The Morgan fingerprint density at radius 1 is 1.26 bits per heavy atom. The second kappa shape index (κ2) is 5.86. The zero-order valence-electron chi connectivity index (χ0n) is 10.5. The van der Waals surface area contributed by atoms with Crippen LogP contribution in [0.4, 0.5) is 0 Å². The highest BCUT2D eigenvalue weighted by molar-refractivity contribution is 7.11. The summed E-state index contributed by atoms with van der Waals surface area (Å²) in [4.78, 5) is 13.9. The molecule has 3 nitrogen and oxygen atoms in total. The van der Waals surface area contributed by atoms with Crippen molar-refractivity contribution < 1.29 is 4.79 Å². The van der Waals surface area contributed by atoms with Crippen LogP contribution in [-0.4, -0.2) is 18.5 Å². The molecular weight excluding hydrogens is 276 g/mol. The lowest BCUT2D eigenvalue weighted by atomic mass is 10.1. The van der Waals surface area contributed by atoms with Gasteiger partial charge in [-0.05, 0) is 29.3 Å². The summed E-state index contributed by atoms with van der Waals surface area (Å²) in [6.45, 7) is 0.826. The molecule has 1 unspecified atom stereocenters. The molecule has 2 N–H and O–H groups in total. The molecule has 5 heteroatoms. The van der Waals surface area contributed by atoms with Crippen LogP contribution in [0.2, 0.25) is 0 Å². The predicted octanol–water partition coefficient (Wildman–Crippen LogP) is 2.77. The van der Waals surface area contributed by atoms with Gasteiger partial charge in [-0.1, -0.05) is 12.1 Å². The van der Waals surface area contributed by atoms with Crippen LogP contribution in [-0.2, 0) is 4.79 Å². The highest BCUT2D eigenvalue weighted by Crippen LogP contribution is 2.29. The average molecular weight is 292 g/mol. The maximum Gasteiger partial charge on any atom is 0.220 e. The first-order valence-corrected chi connectivity index (χ1v) is 8.18. The minimum Gasteiger partial charge on any atom is -0.352 e. The van der Waals surface area contributed by atoms with E-state index in [1.54, 1.807) is 22.7 Å². The average Bonchev–Trinajstić information content (AvgIpc) is 3.11. The van der Waals surface area contributed by atoms with Gasteiger partial charge in [-0.25, -0.2) is 0 Å². The number of amides is 1. The Morgan fingerprint density at radius 2 is 1.95 bits per heavy atom. The van der Waals surface area contributed by atoms with Crippen LogP contribution in [0.3, 0.4) is 0 Å². The Morgan fingerprint density at radius 3 is 2.42 bits per heavy atom. The van der Waals surface area contributed by atoms with Gasteiger partial charge in [0.15, 0.2) is 0 Å². The fraction of sp³-hybridized carbons (Fsp3) is 0.357. The lowest BCUT2D eigenvalue weighted by Crippen LogP contribution is -2.37. The molecule has 2 aromatic heterocycles. The third-order valence-corrected chi connectivity index (χ3v) is 5.18. The number of nitrogens with one attached hydrogen (secondary N) is 2. The third-order valence-electron chi connectivity index (χ3n) is 3.31. The van der Waals surface area contributed by atoms with Crippen molar-refractivity contribution in [2.24, 2.45) is 0 Å². The van der Waals surface area contributed by atoms with Crippen LogP contribution in [0.5, 0.6) is 0 Å². The molecule has 0 saturated carbocycles. The molecule has 0 aromatic carbocycles. The zero-order valence-corrected chi connectivity index (χ0v) is 12.1. The van der Waals surface area contributed by atoms with E-state index in [1.807, 2.05) is 0 Å². The molecule has 1 fully saturated rings. The molecule has 1 atom stereocenters. The van der Waals surface area contributed by atoms with E-state index in [2.05, 4.69) is 45.7 Å². The summed E-state index contributed by atoms with van der Waals surface area (Å²) in [5, 5.41) is 10.8. The van der Waals surface area contributed by atoms with Crippen molar-refractivity contribution in [2.45, 2.75) is 24.9 Å². The second-order valence-electron chi connectivity index (χ2n) is 4.68. The van der Waals surface area contributed by atoms with E-state index in [1.165, 1.54) is 9.75 Å². The minimum atomic E-state index is 0.176. The molecule has 1 aliphatic heterocycles. The highest BCUT2D eigenvalue weighted by Gasteiger charge is 2.23. The normalized spacial score (nSPS) is 19.0. The van der Waals surface area contributed by atoms with Gasteiger partial charge in [0, 0.05) is 28.8 Å². The number of carbonyl (C=O) groups excluding carboxylic acids is 1. The van der Waals surface area contributed by atoms with Crippen molar-refractivity contribution >= 4 is 28.6 Å². The van der Waals surface area contributed by atoms with E-state index in [9.17, 15) is 4.79 Å². The van der Waals surface area contributed by atoms with Crippen LogP contribution < -0.4 is 10.6 Å². The molecule has 19 heavy (non-hydrogen) atoms. The zero-order chi connectivity index (χ0) is 13.1. The van der Waals surface area contributed by atoms with E-state index >= 15 is 0 Å². The first-order chi connectivity index (χ1) is 9.33. The van der Waals surface area contributed by atoms with Gasteiger partial charge in [0.25, 0.3) is 0 Å². The highest BCUT2D eigenvalue weighted by atomic mass is 32.1. The topological polar surface area (TPSA) is 41.1 Å². The van der Waals surface area contributed by atoms with Crippen LogP contribution in [0.1, 0.15) is 28.6 Å². The van der Waals surface area contributed by atoms with Crippen molar-refractivity contribution in [3.63, 3.8) is 0 Å². The molecule has 3 rings (SSSR count). The molecule has 3 heterocycles. The standard InChI is InChI=1S/C14H16N2OS2/c17-13-6-5-10(16-13)9-15-14(11-3-1-7-18-11)12-4-2-8-19-12/h1-4,7-8,10,14-15H,5-6,9H2,(H,16,17). The van der Waals surface area contributed by atoms with Gasteiger partial charge in [-0.2, -0.15) is 0 Å². The summed E-state index contributed by atoms with van der Waals surface area (Å²) in [5.41, 5.74) is 0. The summed E-state index contributed by atoms with van der Waals surface area (Å²) in [6, 6.07) is 9.01. The smallest absolute Gasteiger partial charge is 0.220 e. The number of hydrogen-bond acceptors (Lipinski definition) is 4. The van der Waals surface area contributed by atoms with Crippen molar-refractivity contribution in [1.82, 2.24) is 10.6 Å². The van der Waals surface area contributed by atoms with Crippen LogP contribution >= 0.6 is 22.7 Å². The quantitative estimate of drug-likeness (QED) is 0.889. The maximum absolute atomic E-state index is 11.2. The SMILES string of the molecule is O=C1CCC(CNC(c2cccs2)c2cccs2)N1. The first kappa shape index (κ1) is 12.8. The monoisotopic (exact) mass is 292 g/mol. The Hall–Kier alpha value is -1.17. The van der Waals surface area contributed by atoms with Crippen LogP contribution in [0.25, 0.3) is 0 Å². The Labute approximate surface area is 120 Å². The third kappa shape index (κ3) is 3.05. The summed E-state index contributed by atoms with van der Waals surface area (Å²) in [5.74, 6) is 0.176. The molecule has 1 saturated heterocycles. The van der Waals surface area contributed by atoms with Gasteiger partial charge in [-0.3, -0.25) is 4.79 Å². The number of thiophene rings is 2. The van der Waals surface area contributed by atoms with E-state index in [4.69, 9.17) is 0 Å². The number of carbonyl (C=O) groups is 1. The van der Waals surface area contributed by atoms with E-state index in [0.29, 0.717) is 6.42 Å². The summed E-state index contributed by atoms with van der Waals surface area (Å²) < 4.78 is 0. The lowest BCUT2D eigenvalue weighted by molar-refractivity contribution is -0.119. The maximum atomic E-state index is 11.2. The molecule has 1 amide bonds. The van der Waals surface area contributed by atoms with Crippen molar-refractivity contribution in [3.8, 4) is 0 Å². The molecule has 0 bridgehead atoms. The largest absolute Gasteiger partial charge is 0.352 e. The summed E-state index contributed by atoms with van der Waals surface area (Å²) in [6.07, 6.45) is 1.60. The fourth-order valence-electron chi connectivity index (χ4n) is 2.34. The van der Waals surface area contributed by atoms with Gasteiger partial charge in [0.2, 0.25) is 5.91 Å². The van der Waals surface area contributed by atoms with Crippen molar-refractivity contribution in [2.75, 3.05) is 6.54 Å². The van der Waals surface area contributed by atoms with Crippen molar-refractivity contribution in [1.29, 1.82) is 0 Å². The lowest BCUT2D eigenvalue weighted by Gasteiger charge is -2.19. The van der Waals surface area contributed by atoms with E-state index < -0.39 is 0 Å². The molecule has 0 radical (unpaired) electrons. The van der Waals surface area contributed by atoms with Gasteiger partial charge >= 0.3 is 0 Å². The fourth-order valence-corrected chi connectivity index (χ4v) is 4.05. The Bertz CT molecular complexity index is 487. The number of rotatable bonds is 5. The molecule has 100 valence electrons. The van der Waals surface area contributed by atoms with E-state index in [-0.39, 0.29) is 18.0 Å². The molecular formula is C14H16N2OS2. The van der Waals surface area contributed by atoms with Gasteiger partial charge in [-0.15, -0.1) is 22.7 Å². The molecule has 0 spiro atoms. The van der Waals surface area contributed by atoms with E-state index in [0.717, 1.165) is 13.0 Å². The van der Waals surface area contributed by atoms with Gasteiger partial charge in [0.1, 0.15) is 0 Å². The second-order valence-corrected chi connectivity index (χ2v) is 6.63. The van der Waals surface area contributed by atoms with Crippen LogP contribution in [0, 0.1) is 0 Å². The molecule has 0 aliphatic carbocycles. The summed E-state index contributed by atoms with van der Waals surface area (Å²) in [7, 11) is 0. The summed E-state index contributed by atoms with van der Waals surface area (Å²) >= 11 is 3.54. The Balaban J connectivity index is 1.68. The van der Waals surface area contributed by atoms with Gasteiger partial charge < -0.3 is 10.6 Å². The van der Waals surface area contributed by atoms with Crippen molar-refractivity contribution in [3.05, 3.63) is 44.8 Å². The van der Waals surface area contributed by atoms with Crippen LogP contribution in [0.15, 0.2) is 35.0 Å². The van der Waals surface area contributed by atoms with Gasteiger partial charge in [0.05, 0.1) is 6.04 Å². The molecule has 1 aliphatic rings. The predicted molar refractivity (Wildman–Crippen MR) is 79.6 cm³/mol. The minimum absolute atomic E-state index is 0.176. The first-order valence-electron chi connectivity index (χ1n) is 6.42. The number of hydrogen-bond donors (Lipinski definition) is 2.